The molecule has 4 aliphatic rings. The van der Waals surface area contributed by atoms with Crippen LogP contribution in [0.1, 0.15) is 41.8 Å². The molecule has 2 aliphatic heterocycles. The summed E-state index contributed by atoms with van der Waals surface area (Å²) in [5, 5.41) is 5.21. The predicted molar refractivity (Wildman–Crippen MR) is 182 cm³/mol. The average Bonchev–Trinajstić information content (AvgIpc) is 3.41. The van der Waals surface area contributed by atoms with Crippen LogP contribution in [0.4, 0.5) is 14.9 Å². The fourth-order valence-corrected chi connectivity index (χ4v) is 6.69. The summed E-state index contributed by atoms with van der Waals surface area (Å²) in [6, 6.07) is 16.5. The Morgan fingerprint density at radius 3 is 2.33 bits per heavy atom. The van der Waals surface area contributed by atoms with Crippen LogP contribution in [-0.2, 0) is 16.6 Å². The number of benzene rings is 3. The molecule has 0 aromatic heterocycles. The molecule has 2 amide bonds. The second kappa shape index (κ2) is 13.3. The van der Waals surface area contributed by atoms with Gasteiger partial charge in [0.25, 0.3) is 0 Å². The van der Waals surface area contributed by atoms with Crippen molar-refractivity contribution in [2.75, 3.05) is 38.3 Å². The molecule has 46 heavy (non-hydrogen) atoms. The number of halogens is 1. The van der Waals surface area contributed by atoms with Gasteiger partial charge in [-0.2, -0.15) is 0 Å². The Labute approximate surface area is 269 Å². The van der Waals surface area contributed by atoms with Crippen molar-refractivity contribution in [3.63, 3.8) is 0 Å². The Hall–Kier alpha value is -4.75. The third-order valence-electron chi connectivity index (χ3n) is 9.16. The average molecular weight is 618 g/mol. The SMILES string of the molecule is C1=CC=CNC=C1.CN(C(=O)N1CCOCC1)c1ccc2c(c1)CC=c1c-2ccc2c1=CC(C(=O)c1ccc(F)cc1)CC2(C)C. The van der Waals surface area contributed by atoms with Crippen LogP contribution in [0.25, 0.3) is 23.3 Å². The fraction of sp³-hybridized carbons (Fsp3) is 0.282. The molecule has 0 spiro atoms. The number of hydrogen-bond donors (Lipinski definition) is 1. The largest absolute Gasteiger partial charge is 0.378 e. The monoisotopic (exact) mass is 617 g/mol. The highest BCUT2D eigenvalue weighted by molar-refractivity contribution is 6.01. The van der Waals surface area contributed by atoms with E-state index in [1.54, 1.807) is 17.0 Å². The Morgan fingerprint density at radius 1 is 0.913 bits per heavy atom. The van der Waals surface area contributed by atoms with Crippen molar-refractivity contribution in [2.24, 2.45) is 5.92 Å². The maximum Gasteiger partial charge on any atom is 0.324 e. The number of carbonyl (C=O) groups is 2. The second-order valence-corrected chi connectivity index (χ2v) is 12.7. The first-order valence-corrected chi connectivity index (χ1v) is 15.9. The number of amides is 2. The number of morpholine rings is 1. The number of nitrogens with zero attached hydrogens (tertiary/aromatic N) is 2. The van der Waals surface area contributed by atoms with Gasteiger partial charge in [-0.05, 0) is 99.5 Å². The van der Waals surface area contributed by atoms with Crippen molar-refractivity contribution < 1.29 is 18.7 Å². The Balaban J connectivity index is 0.000000471. The minimum absolute atomic E-state index is 0.0128. The fourth-order valence-electron chi connectivity index (χ4n) is 6.69. The van der Waals surface area contributed by atoms with E-state index in [4.69, 9.17) is 4.74 Å². The topological polar surface area (TPSA) is 61.9 Å². The number of urea groups is 1. The molecule has 6 nitrogen and oxygen atoms in total. The lowest BCUT2D eigenvalue weighted by molar-refractivity contribution is 0.0551. The highest BCUT2D eigenvalue weighted by Gasteiger charge is 2.34. The number of hydrogen-bond acceptors (Lipinski definition) is 4. The number of rotatable bonds is 3. The van der Waals surface area contributed by atoms with E-state index in [9.17, 15) is 14.0 Å². The van der Waals surface area contributed by atoms with E-state index >= 15 is 0 Å². The van der Waals surface area contributed by atoms with Crippen molar-refractivity contribution >= 4 is 29.7 Å². The summed E-state index contributed by atoms with van der Waals surface area (Å²) in [5.41, 5.74) is 5.96. The molecule has 0 saturated carbocycles. The molecule has 0 radical (unpaired) electrons. The molecule has 3 aromatic rings. The maximum atomic E-state index is 13.5. The van der Waals surface area contributed by atoms with Crippen molar-refractivity contribution in [2.45, 2.75) is 32.1 Å². The van der Waals surface area contributed by atoms with Crippen molar-refractivity contribution in [1.82, 2.24) is 10.2 Å². The van der Waals surface area contributed by atoms with E-state index in [0.717, 1.165) is 33.7 Å². The van der Waals surface area contributed by atoms with Crippen LogP contribution in [0.15, 0.2) is 91.3 Å². The summed E-state index contributed by atoms with van der Waals surface area (Å²) in [4.78, 5) is 30.0. The van der Waals surface area contributed by atoms with Gasteiger partial charge in [0, 0.05) is 49.7 Å². The van der Waals surface area contributed by atoms with Crippen LogP contribution >= 0.6 is 0 Å². The van der Waals surface area contributed by atoms with E-state index in [1.165, 1.54) is 23.3 Å². The lowest BCUT2D eigenvalue weighted by Gasteiger charge is -2.34. The molecular weight excluding hydrogens is 577 g/mol. The number of carbonyl (C=O) groups excluding carboxylic acids is 2. The molecule has 3 aromatic carbocycles. The molecule has 7 rings (SSSR count). The zero-order valence-corrected chi connectivity index (χ0v) is 26.6. The number of ketones is 1. The minimum Gasteiger partial charge on any atom is -0.378 e. The normalized spacial score (nSPS) is 18.6. The van der Waals surface area contributed by atoms with Crippen LogP contribution in [0, 0.1) is 11.7 Å². The molecule has 0 bridgehead atoms. The van der Waals surface area contributed by atoms with E-state index in [1.807, 2.05) is 54.7 Å². The zero-order valence-electron chi connectivity index (χ0n) is 26.6. The van der Waals surface area contributed by atoms with E-state index < -0.39 is 0 Å². The quantitative estimate of drug-likeness (QED) is 0.375. The number of fused-ring (bicyclic) bond motifs is 5. The highest BCUT2D eigenvalue weighted by atomic mass is 19.1. The van der Waals surface area contributed by atoms with Crippen molar-refractivity contribution in [1.29, 1.82) is 0 Å². The molecule has 1 N–H and O–H groups in total. The van der Waals surface area contributed by atoms with Gasteiger partial charge in [-0.3, -0.25) is 9.69 Å². The second-order valence-electron chi connectivity index (χ2n) is 12.7. The predicted octanol–water partition coefficient (Wildman–Crippen LogP) is 5.85. The smallest absolute Gasteiger partial charge is 0.324 e. The lowest BCUT2D eigenvalue weighted by Crippen LogP contribution is -2.47. The van der Waals surface area contributed by atoms with Crippen molar-refractivity contribution in [3.05, 3.63) is 124 Å². The standard InChI is InChI=1S/C33H33FN2O3.C6H7N/c1-33(2)20-23(31(37)21-4-7-24(34)8-5-21)19-29-28-10-6-22-18-25(9-11-26(22)27(28)12-13-30(29)33)35(3)32(38)36-14-16-39-17-15-36;1-2-4-6-7-5-3-1/h4-5,7-13,18-19,23H,6,14-17,20H2,1-3H3;1-7H. The number of anilines is 1. The summed E-state index contributed by atoms with van der Waals surface area (Å²) in [6.45, 7) is 6.75. The molecule has 2 heterocycles. The minimum atomic E-state index is -0.341. The first kappa shape index (κ1) is 31.2. The van der Waals surface area contributed by atoms with Gasteiger partial charge in [-0.25, -0.2) is 9.18 Å². The molecule has 236 valence electrons. The third kappa shape index (κ3) is 6.46. The van der Waals surface area contributed by atoms with Crippen LogP contribution in [0.5, 0.6) is 0 Å². The van der Waals surface area contributed by atoms with Gasteiger partial charge in [0.05, 0.1) is 13.2 Å². The Bertz CT molecular complexity index is 1840. The molecule has 2 aliphatic carbocycles. The summed E-state index contributed by atoms with van der Waals surface area (Å²) in [6.07, 6.45) is 17.4. The van der Waals surface area contributed by atoms with Gasteiger partial charge >= 0.3 is 6.03 Å². The summed E-state index contributed by atoms with van der Waals surface area (Å²) < 4.78 is 18.9. The van der Waals surface area contributed by atoms with E-state index in [-0.39, 0.29) is 29.0 Å². The van der Waals surface area contributed by atoms with Crippen LogP contribution in [0.2, 0.25) is 0 Å². The molecule has 1 saturated heterocycles. The molecule has 1 atom stereocenters. The van der Waals surface area contributed by atoms with Crippen LogP contribution in [-0.4, -0.2) is 50.1 Å². The van der Waals surface area contributed by atoms with Gasteiger partial charge in [-0.15, -0.1) is 0 Å². The highest BCUT2D eigenvalue weighted by Crippen LogP contribution is 2.36. The third-order valence-corrected chi connectivity index (χ3v) is 9.16. The Morgan fingerprint density at radius 2 is 1.61 bits per heavy atom. The first-order valence-electron chi connectivity index (χ1n) is 15.9. The van der Waals surface area contributed by atoms with Gasteiger partial charge in [0.15, 0.2) is 5.78 Å². The Kier molecular flexibility index (Phi) is 9.04. The maximum absolute atomic E-state index is 13.5. The van der Waals surface area contributed by atoms with Crippen molar-refractivity contribution in [3.8, 4) is 11.1 Å². The molecular formula is C39H40FN3O3. The van der Waals surface area contributed by atoms with Gasteiger partial charge < -0.3 is 15.0 Å². The zero-order chi connectivity index (χ0) is 32.3. The first-order chi connectivity index (χ1) is 22.2. The molecule has 1 unspecified atom stereocenters. The number of nitrogens with one attached hydrogen (secondary N) is 1. The summed E-state index contributed by atoms with van der Waals surface area (Å²) in [7, 11) is 1.83. The van der Waals surface area contributed by atoms with Gasteiger partial charge in [0.1, 0.15) is 5.82 Å². The molecule has 1 fully saturated rings. The lowest BCUT2D eigenvalue weighted by atomic mass is 9.69. The van der Waals surface area contributed by atoms with E-state index in [0.29, 0.717) is 38.3 Å². The van der Waals surface area contributed by atoms with Gasteiger partial charge in [0.2, 0.25) is 0 Å². The summed E-state index contributed by atoms with van der Waals surface area (Å²) in [5.74, 6) is -0.589. The van der Waals surface area contributed by atoms with Crippen LogP contribution in [0.3, 0.4) is 0 Å². The van der Waals surface area contributed by atoms with Gasteiger partial charge in [-0.1, -0.05) is 56.4 Å². The number of Topliss-reactive ketones (excluding diaryl/α,β-unsaturated/α-hetero) is 1. The molecule has 7 heteroatoms. The van der Waals surface area contributed by atoms with Crippen LogP contribution < -0.4 is 20.7 Å². The summed E-state index contributed by atoms with van der Waals surface area (Å²) >= 11 is 0. The van der Waals surface area contributed by atoms with E-state index in [2.05, 4.69) is 55.6 Å². The number of ether oxygens (including phenoxy) is 1. The number of allylic oxidation sites excluding steroid dienone is 4.